The molecular formula is C63H42N2. The number of benzene rings is 10. The van der Waals surface area contributed by atoms with Crippen molar-refractivity contribution in [1.29, 1.82) is 0 Å². The van der Waals surface area contributed by atoms with E-state index in [1.807, 2.05) is 0 Å². The first kappa shape index (κ1) is 37.1. The Kier molecular flexibility index (Phi) is 8.47. The minimum absolute atomic E-state index is 0.508. The Morgan fingerprint density at radius 3 is 1.63 bits per heavy atom. The first-order valence-corrected chi connectivity index (χ1v) is 22.5. The number of para-hydroxylation sites is 1. The number of aromatic nitrogens is 1. The average Bonchev–Trinajstić information content (AvgIpc) is 3.86. The van der Waals surface area contributed by atoms with Crippen molar-refractivity contribution < 1.29 is 0 Å². The van der Waals surface area contributed by atoms with Gasteiger partial charge in [-0.05, 0) is 109 Å². The van der Waals surface area contributed by atoms with Crippen molar-refractivity contribution in [3.05, 3.63) is 277 Å². The number of fused-ring (bicyclic) bond motifs is 8. The van der Waals surface area contributed by atoms with Crippen LogP contribution in [0.5, 0.6) is 0 Å². The monoisotopic (exact) mass is 826 g/mol. The van der Waals surface area contributed by atoms with Gasteiger partial charge in [0.25, 0.3) is 0 Å². The minimum Gasteiger partial charge on any atom is -0.315 e. The summed E-state index contributed by atoms with van der Waals surface area (Å²) in [6.45, 7) is 0. The zero-order valence-electron chi connectivity index (χ0n) is 35.6. The van der Waals surface area contributed by atoms with E-state index in [1.54, 1.807) is 0 Å². The van der Waals surface area contributed by atoms with E-state index in [9.17, 15) is 0 Å². The summed E-state index contributed by atoms with van der Waals surface area (Å²) in [6, 6.07) is 91.6. The highest BCUT2D eigenvalue weighted by molar-refractivity contribution is 6.12. The molecule has 12 aromatic rings. The molecule has 0 N–H and O–H groups in total. The molecule has 1 aliphatic rings. The molecule has 0 amide bonds. The van der Waals surface area contributed by atoms with Gasteiger partial charge in [0.1, 0.15) is 0 Å². The summed E-state index contributed by atoms with van der Waals surface area (Å²) in [6.07, 6.45) is 2.32. The van der Waals surface area contributed by atoms with E-state index in [0.29, 0.717) is 0 Å². The van der Waals surface area contributed by atoms with Gasteiger partial charge < -0.3 is 9.30 Å². The highest BCUT2D eigenvalue weighted by atomic mass is 15.1. The number of anilines is 3. The molecule has 0 spiro atoms. The van der Waals surface area contributed by atoms with E-state index in [0.717, 1.165) is 17.1 Å². The van der Waals surface area contributed by atoms with E-state index < -0.39 is 5.41 Å². The third kappa shape index (κ3) is 5.74. The minimum atomic E-state index is -0.508. The second-order valence-corrected chi connectivity index (χ2v) is 17.3. The largest absolute Gasteiger partial charge is 0.315 e. The van der Waals surface area contributed by atoms with Crippen LogP contribution >= 0.6 is 0 Å². The van der Waals surface area contributed by atoms with E-state index in [4.69, 9.17) is 0 Å². The van der Waals surface area contributed by atoms with E-state index in [-0.39, 0.29) is 0 Å². The molecule has 0 radical (unpaired) electrons. The molecule has 2 heteroatoms. The van der Waals surface area contributed by atoms with Crippen molar-refractivity contribution in [2.45, 2.75) is 5.41 Å². The molecule has 0 fully saturated rings. The fourth-order valence-electron chi connectivity index (χ4n) is 11.0. The Morgan fingerprint density at radius 2 is 0.892 bits per heavy atom. The Hall–Kier alpha value is -8.46. The van der Waals surface area contributed by atoms with Gasteiger partial charge in [0.05, 0.1) is 16.4 Å². The molecule has 0 aliphatic heterocycles. The molecule has 0 saturated carbocycles. The van der Waals surface area contributed by atoms with Crippen LogP contribution in [0, 0.1) is 0 Å². The van der Waals surface area contributed by atoms with Gasteiger partial charge in [-0.1, -0.05) is 206 Å². The third-order valence-corrected chi connectivity index (χ3v) is 13.8. The van der Waals surface area contributed by atoms with Crippen LogP contribution in [0.2, 0.25) is 0 Å². The summed E-state index contributed by atoms with van der Waals surface area (Å²) in [4.78, 5) is 2.44. The van der Waals surface area contributed by atoms with Gasteiger partial charge in [-0.3, -0.25) is 0 Å². The highest BCUT2D eigenvalue weighted by Crippen LogP contribution is 2.57. The van der Waals surface area contributed by atoms with Crippen molar-refractivity contribution in [2.24, 2.45) is 0 Å². The van der Waals surface area contributed by atoms with Crippen molar-refractivity contribution in [1.82, 2.24) is 4.40 Å². The summed E-state index contributed by atoms with van der Waals surface area (Å²) in [5, 5.41) is 6.12. The van der Waals surface area contributed by atoms with Crippen LogP contribution in [-0.4, -0.2) is 4.40 Å². The number of rotatable bonds is 7. The Labute approximate surface area is 378 Å². The van der Waals surface area contributed by atoms with Crippen molar-refractivity contribution in [3.63, 3.8) is 0 Å². The molecule has 65 heavy (non-hydrogen) atoms. The molecule has 2 aromatic heterocycles. The van der Waals surface area contributed by atoms with Gasteiger partial charge in [0.15, 0.2) is 0 Å². The third-order valence-electron chi connectivity index (χ3n) is 13.8. The topological polar surface area (TPSA) is 7.65 Å². The summed E-state index contributed by atoms with van der Waals surface area (Å²) >= 11 is 0. The van der Waals surface area contributed by atoms with Crippen LogP contribution in [0.25, 0.3) is 71.3 Å². The zero-order chi connectivity index (χ0) is 42.9. The fourth-order valence-corrected chi connectivity index (χ4v) is 11.0. The SMILES string of the molecule is c1ccc(-c2c3cccc(-c4ccc(N(c5ccc6c(c5)C(c5ccccc5)(c5ccccc5)c5ccccc5-6)c5ccc6ccccc6c5)cc4)c3n3cc4ccccc4cc23)cc1. The van der Waals surface area contributed by atoms with E-state index in [2.05, 4.69) is 264 Å². The zero-order valence-corrected chi connectivity index (χ0v) is 35.6. The maximum atomic E-state index is 2.46. The molecule has 10 aromatic carbocycles. The van der Waals surface area contributed by atoms with Crippen molar-refractivity contribution >= 4 is 55.0 Å². The number of hydrogen-bond donors (Lipinski definition) is 0. The number of hydrogen-bond acceptors (Lipinski definition) is 1. The molecule has 304 valence electrons. The second-order valence-electron chi connectivity index (χ2n) is 17.3. The highest BCUT2D eigenvalue weighted by Gasteiger charge is 2.46. The van der Waals surface area contributed by atoms with E-state index in [1.165, 1.54) is 93.6 Å². The first-order chi connectivity index (χ1) is 32.2. The van der Waals surface area contributed by atoms with Gasteiger partial charge in [0, 0.05) is 39.8 Å². The van der Waals surface area contributed by atoms with Crippen molar-refractivity contribution in [3.8, 4) is 33.4 Å². The molecule has 13 rings (SSSR count). The molecule has 0 unspecified atom stereocenters. The molecular weight excluding hydrogens is 785 g/mol. The lowest BCUT2D eigenvalue weighted by Crippen LogP contribution is -2.28. The normalized spacial score (nSPS) is 12.7. The summed E-state index contributed by atoms with van der Waals surface area (Å²) in [5.41, 5.74) is 17.7. The summed E-state index contributed by atoms with van der Waals surface area (Å²) in [5.74, 6) is 0. The molecule has 1 aliphatic carbocycles. The first-order valence-electron chi connectivity index (χ1n) is 22.5. The standard InChI is InChI=1S/C63H42N2/c1-4-18-45(19-5-1)61-57-29-16-28-54(62(57)64-42-48-22-13-12-21-47(48)40-60(61)64)44-32-34-51(35-33-44)65(52-36-31-43-17-10-11-20-46(43)39-52)53-37-38-56-55-27-14-15-30-58(55)63(59(56)41-53,49-23-6-2-7-24-49)50-25-8-3-9-26-50/h1-42H. The Balaban J connectivity index is 1.01. The predicted octanol–water partition coefficient (Wildman–Crippen LogP) is 16.6. The molecule has 0 atom stereocenters. The van der Waals surface area contributed by atoms with Crippen LogP contribution in [0.3, 0.4) is 0 Å². The Bertz CT molecular complexity index is 3720. The van der Waals surface area contributed by atoms with Gasteiger partial charge >= 0.3 is 0 Å². The Morgan fingerprint density at radius 1 is 0.338 bits per heavy atom. The fraction of sp³-hybridized carbons (Fsp3) is 0.0159. The quantitative estimate of drug-likeness (QED) is 0.155. The second kappa shape index (κ2) is 14.8. The average molecular weight is 827 g/mol. The smallest absolute Gasteiger partial charge is 0.0714 e. The van der Waals surface area contributed by atoms with Crippen LogP contribution in [0.4, 0.5) is 17.1 Å². The molecule has 0 bridgehead atoms. The van der Waals surface area contributed by atoms with Gasteiger partial charge in [0.2, 0.25) is 0 Å². The summed E-state index contributed by atoms with van der Waals surface area (Å²) in [7, 11) is 0. The van der Waals surface area contributed by atoms with Crippen LogP contribution in [0.15, 0.2) is 255 Å². The van der Waals surface area contributed by atoms with E-state index >= 15 is 0 Å². The van der Waals surface area contributed by atoms with Gasteiger partial charge in [-0.2, -0.15) is 0 Å². The van der Waals surface area contributed by atoms with Crippen LogP contribution in [-0.2, 0) is 5.41 Å². The molecule has 0 saturated heterocycles. The maximum Gasteiger partial charge on any atom is 0.0714 e. The molecule has 2 heterocycles. The lowest BCUT2D eigenvalue weighted by atomic mass is 9.67. The number of pyridine rings is 1. The summed E-state index contributed by atoms with van der Waals surface area (Å²) < 4.78 is 2.42. The maximum absolute atomic E-state index is 2.46. The predicted molar refractivity (Wildman–Crippen MR) is 273 cm³/mol. The molecule has 2 nitrogen and oxygen atoms in total. The van der Waals surface area contributed by atoms with Crippen LogP contribution < -0.4 is 4.90 Å². The van der Waals surface area contributed by atoms with Crippen molar-refractivity contribution in [2.75, 3.05) is 4.90 Å². The lowest BCUT2D eigenvalue weighted by molar-refractivity contribution is 0.768. The van der Waals surface area contributed by atoms with Gasteiger partial charge in [-0.15, -0.1) is 0 Å². The lowest BCUT2D eigenvalue weighted by Gasteiger charge is -2.35. The van der Waals surface area contributed by atoms with Gasteiger partial charge in [-0.25, -0.2) is 0 Å². The number of nitrogens with zero attached hydrogens (tertiary/aromatic N) is 2. The van der Waals surface area contributed by atoms with Crippen LogP contribution in [0.1, 0.15) is 22.3 Å².